The van der Waals surface area contributed by atoms with Crippen LogP contribution in [0.4, 0.5) is 0 Å². The smallest absolute Gasteiger partial charge is 0.166 e. The van der Waals surface area contributed by atoms with Crippen molar-refractivity contribution in [2.45, 2.75) is 26.5 Å². The Balaban J connectivity index is 1.61. The van der Waals surface area contributed by atoms with Crippen molar-refractivity contribution in [2.75, 3.05) is 20.3 Å². The predicted octanol–water partition coefficient (Wildman–Crippen LogP) is 5.66. The first-order chi connectivity index (χ1) is 14.7. The highest BCUT2D eigenvalue weighted by Crippen LogP contribution is 2.32. The monoisotopic (exact) mass is 425 g/mol. The first-order valence-corrected chi connectivity index (χ1v) is 10.5. The Bertz CT molecular complexity index is 911. The summed E-state index contributed by atoms with van der Waals surface area (Å²) in [5, 5.41) is 4.23. The SMILES string of the molecule is CCOc1cccc(CNCCc2ccc(OC)cc2)c1OCc1ccc(Cl)cc1. The van der Waals surface area contributed by atoms with Gasteiger partial charge in [0.15, 0.2) is 11.5 Å². The average Bonchev–Trinajstić information content (AvgIpc) is 2.78. The first kappa shape index (κ1) is 22.0. The van der Waals surface area contributed by atoms with Gasteiger partial charge >= 0.3 is 0 Å². The number of rotatable bonds is 11. The number of ether oxygens (including phenoxy) is 3. The van der Waals surface area contributed by atoms with Crippen molar-refractivity contribution in [3.05, 3.63) is 88.4 Å². The quantitative estimate of drug-likeness (QED) is 0.402. The molecule has 0 bridgehead atoms. The molecule has 0 fully saturated rings. The molecule has 0 aliphatic rings. The van der Waals surface area contributed by atoms with Crippen molar-refractivity contribution in [2.24, 2.45) is 0 Å². The summed E-state index contributed by atoms with van der Waals surface area (Å²) >= 11 is 5.98. The molecule has 0 unspecified atom stereocenters. The Morgan fingerprint density at radius 3 is 2.30 bits per heavy atom. The van der Waals surface area contributed by atoms with Crippen LogP contribution in [0.15, 0.2) is 66.7 Å². The highest BCUT2D eigenvalue weighted by atomic mass is 35.5. The Morgan fingerprint density at radius 2 is 1.60 bits per heavy atom. The van der Waals surface area contributed by atoms with E-state index in [-0.39, 0.29) is 0 Å². The summed E-state index contributed by atoms with van der Waals surface area (Å²) < 4.78 is 17.2. The van der Waals surface area contributed by atoms with E-state index in [1.807, 2.05) is 55.5 Å². The zero-order chi connectivity index (χ0) is 21.2. The van der Waals surface area contributed by atoms with Gasteiger partial charge in [-0.2, -0.15) is 0 Å². The van der Waals surface area contributed by atoms with Crippen LogP contribution in [-0.2, 0) is 19.6 Å². The molecule has 3 rings (SSSR count). The van der Waals surface area contributed by atoms with Gasteiger partial charge in [0.25, 0.3) is 0 Å². The summed E-state index contributed by atoms with van der Waals surface area (Å²) in [4.78, 5) is 0. The van der Waals surface area contributed by atoms with Gasteiger partial charge in [-0.1, -0.05) is 48.0 Å². The molecule has 0 aliphatic heterocycles. The minimum Gasteiger partial charge on any atom is -0.497 e. The van der Waals surface area contributed by atoms with E-state index in [2.05, 4.69) is 23.5 Å². The zero-order valence-corrected chi connectivity index (χ0v) is 18.2. The molecular weight excluding hydrogens is 398 g/mol. The van der Waals surface area contributed by atoms with E-state index in [0.717, 1.165) is 46.4 Å². The Kier molecular flexibility index (Phi) is 8.42. The molecule has 0 radical (unpaired) electrons. The van der Waals surface area contributed by atoms with Gasteiger partial charge in [0.1, 0.15) is 12.4 Å². The van der Waals surface area contributed by atoms with Gasteiger partial charge in [0.2, 0.25) is 0 Å². The van der Waals surface area contributed by atoms with Crippen molar-refractivity contribution in [1.82, 2.24) is 5.32 Å². The van der Waals surface area contributed by atoms with Gasteiger partial charge in [0, 0.05) is 17.1 Å². The molecule has 3 aromatic carbocycles. The molecule has 158 valence electrons. The van der Waals surface area contributed by atoms with Crippen LogP contribution in [0.2, 0.25) is 5.02 Å². The van der Waals surface area contributed by atoms with Gasteiger partial charge < -0.3 is 19.5 Å². The average molecular weight is 426 g/mol. The minimum absolute atomic E-state index is 0.458. The van der Waals surface area contributed by atoms with Crippen LogP contribution in [0.3, 0.4) is 0 Å². The molecule has 0 saturated carbocycles. The Labute approximate surface area is 183 Å². The highest BCUT2D eigenvalue weighted by molar-refractivity contribution is 6.30. The predicted molar refractivity (Wildman–Crippen MR) is 122 cm³/mol. The number of nitrogens with one attached hydrogen (secondary N) is 1. The standard InChI is InChI=1S/C25H28ClNO3/c1-3-29-24-6-4-5-21(25(24)30-18-20-7-11-22(26)12-8-20)17-27-16-15-19-9-13-23(28-2)14-10-19/h4-14,27H,3,15-18H2,1-2H3. The van der Waals surface area contributed by atoms with E-state index in [1.165, 1.54) is 5.56 Å². The van der Waals surface area contributed by atoms with Crippen LogP contribution in [0, 0.1) is 0 Å². The second-order valence-corrected chi connectivity index (χ2v) is 7.30. The largest absolute Gasteiger partial charge is 0.497 e. The van der Waals surface area contributed by atoms with Gasteiger partial charge in [-0.25, -0.2) is 0 Å². The van der Waals surface area contributed by atoms with Gasteiger partial charge in [-0.05, 0) is 61.3 Å². The fraction of sp³-hybridized carbons (Fsp3) is 0.280. The van der Waals surface area contributed by atoms with Crippen molar-refractivity contribution in [3.8, 4) is 17.2 Å². The number of benzene rings is 3. The van der Waals surface area contributed by atoms with Gasteiger partial charge in [-0.15, -0.1) is 0 Å². The van der Waals surface area contributed by atoms with Crippen molar-refractivity contribution in [1.29, 1.82) is 0 Å². The van der Waals surface area contributed by atoms with Crippen LogP contribution in [0.1, 0.15) is 23.6 Å². The molecule has 0 aromatic heterocycles. The number of hydrogen-bond acceptors (Lipinski definition) is 4. The van der Waals surface area contributed by atoms with E-state index < -0.39 is 0 Å². The molecule has 3 aromatic rings. The number of hydrogen-bond donors (Lipinski definition) is 1. The van der Waals surface area contributed by atoms with Crippen molar-refractivity contribution in [3.63, 3.8) is 0 Å². The third-order valence-electron chi connectivity index (χ3n) is 4.72. The van der Waals surface area contributed by atoms with Crippen LogP contribution in [0.5, 0.6) is 17.2 Å². The minimum atomic E-state index is 0.458. The molecule has 30 heavy (non-hydrogen) atoms. The summed E-state index contributed by atoms with van der Waals surface area (Å²) in [7, 11) is 1.68. The molecule has 0 spiro atoms. The van der Waals surface area contributed by atoms with Crippen LogP contribution in [-0.4, -0.2) is 20.3 Å². The molecule has 4 nitrogen and oxygen atoms in total. The number of halogens is 1. The normalized spacial score (nSPS) is 10.6. The van der Waals surface area contributed by atoms with E-state index in [9.17, 15) is 0 Å². The summed E-state index contributed by atoms with van der Waals surface area (Å²) in [5.41, 5.74) is 3.40. The maximum Gasteiger partial charge on any atom is 0.166 e. The van der Waals surface area contributed by atoms with Crippen LogP contribution >= 0.6 is 11.6 Å². The second-order valence-electron chi connectivity index (χ2n) is 6.87. The third kappa shape index (κ3) is 6.41. The maximum atomic E-state index is 6.17. The maximum absolute atomic E-state index is 6.17. The lowest BCUT2D eigenvalue weighted by atomic mass is 10.1. The Hall–Kier alpha value is -2.69. The first-order valence-electron chi connectivity index (χ1n) is 10.1. The molecule has 0 aliphatic carbocycles. The van der Waals surface area contributed by atoms with Gasteiger partial charge in [0.05, 0.1) is 13.7 Å². The third-order valence-corrected chi connectivity index (χ3v) is 4.97. The van der Waals surface area contributed by atoms with E-state index >= 15 is 0 Å². The van der Waals surface area contributed by atoms with Gasteiger partial charge in [-0.3, -0.25) is 0 Å². The summed E-state index contributed by atoms with van der Waals surface area (Å²) in [6.07, 6.45) is 0.941. The van der Waals surface area contributed by atoms with E-state index in [1.54, 1.807) is 7.11 Å². The molecule has 0 amide bonds. The molecule has 5 heteroatoms. The molecule has 0 atom stereocenters. The summed E-state index contributed by atoms with van der Waals surface area (Å²) in [6.45, 7) is 4.59. The highest BCUT2D eigenvalue weighted by Gasteiger charge is 2.11. The Morgan fingerprint density at radius 1 is 0.867 bits per heavy atom. The fourth-order valence-corrected chi connectivity index (χ4v) is 3.24. The lowest BCUT2D eigenvalue weighted by molar-refractivity contribution is 0.266. The second kappa shape index (κ2) is 11.5. The summed E-state index contributed by atoms with van der Waals surface area (Å²) in [5.74, 6) is 2.43. The fourth-order valence-electron chi connectivity index (χ4n) is 3.12. The topological polar surface area (TPSA) is 39.7 Å². The van der Waals surface area contributed by atoms with E-state index in [4.69, 9.17) is 25.8 Å². The van der Waals surface area contributed by atoms with E-state index in [0.29, 0.717) is 19.8 Å². The van der Waals surface area contributed by atoms with Crippen molar-refractivity contribution < 1.29 is 14.2 Å². The molecule has 0 heterocycles. The molecular formula is C25H28ClNO3. The van der Waals surface area contributed by atoms with Crippen LogP contribution in [0.25, 0.3) is 0 Å². The molecule has 1 N–H and O–H groups in total. The molecule has 0 saturated heterocycles. The lowest BCUT2D eigenvalue weighted by Crippen LogP contribution is -2.17. The number of para-hydroxylation sites is 1. The summed E-state index contributed by atoms with van der Waals surface area (Å²) in [6, 6.07) is 21.9. The van der Waals surface area contributed by atoms with Crippen LogP contribution < -0.4 is 19.5 Å². The lowest BCUT2D eigenvalue weighted by Gasteiger charge is -2.16. The number of methoxy groups -OCH3 is 1. The zero-order valence-electron chi connectivity index (χ0n) is 17.5. The van der Waals surface area contributed by atoms with Crippen molar-refractivity contribution >= 4 is 11.6 Å².